The number of benzene rings is 2. The van der Waals surface area contributed by atoms with Gasteiger partial charge >= 0.3 is 0 Å². The largest absolute Gasteiger partial charge is 0.295 e. The molecule has 0 spiro atoms. The fraction of sp³-hybridized carbons (Fsp3) is 0.105. The Bertz CT molecular complexity index is 841. The minimum absolute atomic E-state index is 0.146. The lowest BCUT2D eigenvalue weighted by molar-refractivity contribution is -0.113. The zero-order chi connectivity index (χ0) is 17.6. The molecule has 0 saturated carbocycles. The number of rotatable bonds is 7. The number of ketones is 1. The first-order valence-corrected chi connectivity index (χ1v) is 8.90. The van der Waals surface area contributed by atoms with Crippen LogP contribution in [0.1, 0.15) is 18.5 Å². The van der Waals surface area contributed by atoms with Gasteiger partial charge in [-0.2, -0.15) is 4.72 Å². The number of allylic oxidation sites excluding steroid dienone is 2. The quantitative estimate of drug-likeness (QED) is 0.620. The van der Waals surface area contributed by atoms with E-state index in [4.69, 9.17) is 0 Å². The molecule has 5 heteroatoms. The SMILES string of the molecule is C=C/C=C(/C(C)=O)C(NS(=O)(=O)c1ccccc1)c1ccccc1. The van der Waals surface area contributed by atoms with Crippen LogP contribution in [0.15, 0.2) is 89.9 Å². The normalized spacial score (nSPS) is 13.3. The number of hydrogen-bond donors (Lipinski definition) is 1. The number of carbonyl (C=O) groups is 1. The van der Waals surface area contributed by atoms with Crippen molar-refractivity contribution in [3.05, 3.63) is 90.5 Å². The topological polar surface area (TPSA) is 63.2 Å². The third kappa shape index (κ3) is 4.28. The maximum atomic E-state index is 12.7. The third-order valence-corrected chi connectivity index (χ3v) is 4.91. The Hall–Kier alpha value is -2.50. The standard InChI is InChI=1S/C19H19NO3S/c1-3-10-18(15(2)21)19(16-11-6-4-7-12-16)20-24(22,23)17-13-8-5-9-14-17/h3-14,19-20H,1H2,2H3/b18-10-. The molecule has 0 aliphatic carbocycles. The van der Waals surface area contributed by atoms with Gasteiger partial charge in [0.25, 0.3) is 0 Å². The van der Waals surface area contributed by atoms with E-state index in [1.165, 1.54) is 31.2 Å². The summed E-state index contributed by atoms with van der Waals surface area (Å²) in [7, 11) is -3.78. The molecule has 0 saturated heterocycles. The lowest BCUT2D eigenvalue weighted by atomic mass is 9.96. The highest BCUT2D eigenvalue weighted by Gasteiger charge is 2.26. The number of carbonyl (C=O) groups excluding carboxylic acids is 1. The molecule has 2 aromatic rings. The summed E-state index contributed by atoms with van der Waals surface area (Å²) in [4.78, 5) is 12.2. The Kier molecular flexibility index (Phi) is 5.84. The Morgan fingerprint density at radius 1 is 1.04 bits per heavy atom. The summed E-state index contributed by atoms with van der Waals surface area (Å²) in [6.07, 6.45) is 3.01. The zero-order valence-corrected chi connectivity index (χ0v) is 14.2. The predicted octanol–water partition coefficient (Wildman–Crippen LogP) is 3.41. The van der Waals surface area contributed by atoms with Gasteiger partial charge in [-0.3, -0.25) is 4.79 Å². The summed E-state index contributed by atoms with van der Waals surface area (Å²) in [5, 5.41) is 0. The second-order valence-electron chi connectivity index (χ2n) is 5.19. The van der Waals surface area contributed by atoms with Gasteiger partial charge in [-0.25, -0.2) is 8.42 Å². The Morgan fingerprint density at radius 2 is 1.58 bits per heavy atom. The van der Waals surface area contributed by atoms with Gasteiger partial charge in [0, 0.05) is 5.57 Å². The molecule has 2 rings (SSSR count). The molecule has 124 valence electrons. The van der Waals surface area contributed by atoms with Crippen LogP contribution in [0.3, 0.4) is 0 Å². The molecular weight excluding hydrogens is 322 g/mol. The fourth-order valence-electron chi connectivity index (χ4n) is 2.32. The Labute approximate surface area is 142 Å². The molecule has 0 bridgehead atoms. The molecule has 1 atom stereocenters. The Morgan fingerprint density at radius 3 is 2.08 bits per heavy atom. The van der Waals surface area contributed by atoms with E-state index < -0.39 is 16.1 Å². The van der Waals surface area contributed by atoms with E-state index in [0.717, 1.165) is 0 Å². The van der Waals surface area contributed by atoms with Gasteiger partial charge in [0.1, 0.15) is 0 Å². The van der Waals surface area contributed by atoms with E-state index in [9.17, 15) is 13.2 Å². The maximum absolute atomic E-state index is 12.7. The first-order valence-electron chi connectivity index (χ1n) is 7.41. The van der Waals surface area contributed by atoms with Crippen LogP contribution in [0.5, 0.6) is 0 Å². The van der Waals surface area contributed by atoms with Gasteiger partial charge in [0.2, 0.25) is 10.0 Å². The van der Waals surface area contributed by atoms with Crippen LogP contribution in [-0.4, -0.2) is 14.2 Å². The van der Waals surface area contributed by atoms with E-state index in [1.807, 2.05) is 6.07 Å². The average Bonchev–Trinajstić information content (AvgIpc) is 2.59. The lowest BCUT2D eigenvalue weighted by Gasteiger charge is -2.21. The summed E-state index contributed by atoms with van der Waals surface area (Å²) in [5.41, 5.74) is 1.01. The lowest BCUT2D eigenvalue weighted by Crippen LogP contribution is -2.31. The molecule has 4 nitrogen and oxygen atoms in total. The molecule has 0 amide bonds. The van der Waals surface area contributed by atoms with Crippen LogP contribution in [0.25, 0.3) is 0 Å². The first kappa shape index (κ1) is 17.8. The van der Waals surface area contributed by atoms with Crippen LogP contribution in [0.2, 0.25) is 0 Å². The number of sulfonamides is 1. The van der Waals surface area contributed by atoms with Crippen molar-refractivity contribution < 1.29 is 13.2 Å². The molecular formula is C19H19NO3S. The van der Waals surface area contributed by atoms with Crippen LogP contribution in [-0.2, 0) is 14.8 Å². The van der Waals surface area contributed by atoms with Gasteiger partial charge in [-0.1, -0.05) is 67.3 Å². The summed E-state index contributed by atoms with van der Waals surface area (Å²) < 4.78 is 28.0. The van der Waals surface area contributed by atoms with Crippen LogP contribution >= 0.6 is 0 Å². The van der Waals surface area contributed by atoms with Crippen molar-refractivity contribution in [2.24, 2.45) is 0 Å². The molecule has 0 fully saturated rings. The minimum Gasteiger partial charge on any atom is -0.295 e. The second-order valence-corrected chi connectivity index (χ2v) is 6.91. The van der Waals surface area contributed by atoms with Crippen molar-refractivity contribution in [1.29, 1.82) is 0 Å². The summed E-state index contributed by atoms with van der Waals surface area (Å²) in [6, 6.07) is 16.3. The molecule has 2 aromatic carbocycles. The zero-order valence-electron chi connectivity index (χ0n) is 13.3. The molecule has 0 radical (unpaired) electrons. The molecule has 0 heterocycles. The maximum Gasteiger partial charge on any atom is 0.241 e. The number of hydrogen-bond acceptors (Lipinski definition) is 3. The monoisotopic (exact) mass is 341 g/mol. The van der Waals surface area contributed by atoms with E-state index in [-0.39, 0.29) is 10.7 Å². The molecule has 0 aromatic heterocycles. The highest BCUT2D eigenvalue weighted by molar-refractivity contribution is 7.89. The summed E-state index contributed by atoms with van der Waals surface area (Å²) in [5.74, 6) is -0.223. The van der Waals surface area contributed by atoms with Crippen LogP contribution in [0.4, 0.5) is 0 Å². The minimum atomic E-state index is -3.78. The molecule has 24 heavy (non-hydrogen) atoms. The van der Waals surface area contributed by atoms with Gasteiger partial charge in [0.15, 0.2) is 5.78 Å². The third-order valence-electron chi connectivity index (χ3n) is 3.47. The molecule has 0 aliphatic rings. The summed E-state index contributed by atoms with van der Waals surface area (Å²) in [6.45, 7) is 5.01. The highest BCUT2D eigenvalue weighted by Crippen LogP contribution is 2.25. The van der Waals surface area contributed by atoms with E-state index in [1.54, 1.807) is 42.5 Å². The molecule has 1 unspecified atom stereocenters. The molecule has 1 N–H and O–H groups in total. The van der Waals surface area contributed by atoms with Gasteiger partial charge in [-0.05, 0) is 24.6 Å². The number of Topliss-reactive ketones (excluding diaryl/α,β-unsaturated/α-hetero) is 1. The predicted molar refractivity (Wildman–Crippen MR) is 94.9 cm³/mol. The van der Waals surface area contributed by atoms with Gasteiger partial charge < -0.3 is 0 Å². The smallest absolute Gasteiger partial charge is 0.241 e. The van der Waals surface area contributed by atoms with E-state index in [2.05, 4.69) is 11.3 Å². The number of nitrogens with one attached hydrogen (secondary N) is 1. The van der Waals surface area contributed by atoms with Crippen LogP contribution < -0.4 is 4.72 Å². The van der Waals surface area contributed by atoms with Crippen molar-refractivity contribution in [3.8, 4) is 0 Å². The second kappa shape index (κ2) is 7.86. The van der Waals surface area contributed by atoms with E-state index in [0.29, 0.717) is 11.1 Å². The highest BCUT2D eigenvalue weighted by atomic mass is 32.2. The average molecular weight is 341 g/mol. The van der Waals surface area contributed by atoms with Crippen molar-refractivity contribution in [2.45, 2.75) is 17.9 Å². The van der Waals surface area contributed by atoms with Crippen molar-refractivity contribution in [2.75, 3.05) is 0 Å². The van der Waals surface area contributed by atoms with E-state index >= 15 is 0 Å². The van der Waals surface area contributed by atoms with Crippen molar-refractivity contribution >= 4 is 15.8 Å². The fourth-order valence-corrected chi connectivity index (χ4v) is 3.55. The van der Waals surface area contributed by atoms with Crippen LogP contribution in [0, 0.1) is 0 Å². The Balaban J connectivity index is 2.50. The van der Waals surface area contributed by atoms with Crippen molar-refractivity contribution in [3.63, 3.8) is 0 Å². The summed E-state index contributed by atoms with van der Waals surface area (Å²) >= 11 is 0. The first-order chi connectivity index (χ1) is 11.5. The van der Waals surface area contributed by atoms with Crippen molar-refractivity contribution in [1.82, 2.24) is 4.72 Å². The molecule has 0 aliphatic heterocycles. The van der Waals surface area contributed by atoms with Gasteiger partial charge in [-0.15, -0.1) is 0 Å². The van der Waals surface area contributed by atoms with Gasteiger partial charge in [0.05, 0.1) is 10.9 Å².